The number of nitrogens with one attached hydrogen (secondary N) is 1. The van der Waals surface area contributed by atoms with Crippen molar-refractivity contribution in [2.75, 3.05) is 17.1 Å². The van der Waals surface area contributed by atoms with Gasteiger partial charge in [0.15, 0.2) is 0 Å². The Bertz CT molecular complexity index is 1150. The van der Waals surface area contributed by atoms with Crippen LogP contribution < -0.4 is 9.62 Å². The first kappa shape index (κ1) is 27.6. The molecule has 1 N–H and O–H groups in total. The van der Waals surface area contributed by atoms with Gasteiger partial charge in [0.1, 0.15) is 18.4 Å². The third-order valence-corrected chi connectivity index (χ3v) is 6.60. The van der Waals surface area contributed by atoms with Gasteiger partial charge in [0.2, 0.25) is 21.8 Å². The summed E-state index contributed by atoms with van der Waals surface area (Å²) in [7, 11) is -3.85. The number of nitrogens with zero attached hydrogens (tertiary/aromatic N) is 2. The maximum atomic E-state index is 13.4. The van der Waals surface area contributed by atoms with Gasteiger partial charge < -0.3 is 10.2 Å². The van der Waals surface area contributed by atoms with Crippen LogP contribution >= 0.6 is 11.6 Å². The molecule has 2 rings (SSSR count). The number of hydrogen-bond acceptors (Lipinski definition) is 4. The molecule has 0 fully saturated rings. The van der Waals surface area contributed by atoms with Gasteiger partial charge in [0.25, 0.3) is 0 Å². The van der Waals surface area contributed by atoms with E-state index in [4.69, 9.17) is 11.6 Å². The van der Waals surface area contributed by atoms with E-state index in [1.807, 2.05) is 20.8 Å². The highest BCUT2D eigenvalue weighted by atomic mass is 35.5. The van der Waals surface area contributed by atoms with Crippen molar-refractivity contribution in [1.29, 1.82) is 0 Å². The molecule has 1 atom stereocenters. The fourth-order valence-electron chi connectivity index (χ4n) is 3.19. The second-order valence-electron chi connectivity index (χ2n) is 9.27. The second-order valence-corrected chi connectivity index (χ2v) is 11.6. The third-order valence-electron chi connectivity index (χ3n) is 5.05. The summed E-state index contributed by atoms with van der Waals surface area (Å²) in [5.41, 5.74) is 1.05. The van der Waals surface area contributed by atoms with E-state index in [0.29, 0.717) is 10.6 Å². The average molecular weight is 512 g/mol. The normalized spacial score (nSPS) is 12.7. The lowest BCUT2D eigenvalue weighted by atomic mass is 10.1. The fraction of sp³-hybridized carbons (Fsp3) is 0.417. The highest BCUT2D eigenvalue weighted by molar-refractivity contribution is 7.92. The van der Waals surface area contributed by atoms with Gasteiger partial charge in [-0.2, -0.15) is 0 Å². The van der Waals surface area contributed by atoms with Crippen molar-refractivity contribution in [1.82, 2.24) is 10.2 Å². The lowest BCUT2D eigenvalue weighted by molar-refractivity contribution is -0.140. The Balaban J connectivity index is 2.41. The van der Waals surface area contributed by atoms with E-state index in [9.17, 15) is 22.4 Å². The van der Waals surface area contributed by atoms with E-state index in [1.165, 1.54) is 35.2 Å². The zero-order valence-corrected chi connectivity index (χ0v) is 21.8. The highest BCUT2D eigenvalue weighted by Crippen LogP contribution is 2.25. The lowest BCUT2D eigenvalue weighted by Crippen LogP contribution is -2.54. The Morgan fingerprint density at radius 2 is 1.71 bits per heavy atom. The number of carbonyl (C=O) groups excluding carboxylic acids is 2. The number of sulfonamides is 1. The number of benzene rings is 2. The van der Waals surface area contributed by atoms with E-state index in [1.54, 1.807) is 26.0 Å². The first-order chi connectivity index (χ1) is 15.6. The van der Waals surface area contributed by atoms with Crippen LogP contribution in [-0.4, -0.2) is 49.5 Å². The van der Waals surface area contributed by atoms with Gasteiger partial charge >= 0.3 is 0 Å². The predicted molar refractivity (Wildman–Crippen MR) is 133 cm³/mol. The van der Waals surface area contributed by atoms with Crippen LogP contribution in [0, 0.1) is 12.7 Å². The van der Waals surface area contributed by atoms with Crippen LogP contribution in [0.1, 0.15) is 38.8 Å². The number of carbonyl (C=O) groups is 2. The van der Waals surface area contributed by atoms with Gasteiger partial charge in [0, 0.05) is 17.1 Å². The molecule has 0 spiro atoms. The minimum atomic E-state index is -3.85. The molecule has 0 radical (unpaired) electrons. The van der Waals surface area contributed by atoms with Gasteiger partial charge in [-0.3, -0.25) is 13.9 Å². The van der Waals surface area contributed by atoms with Crippen molar-refractivity contribution < 1.29 is 22.4 Å². The Labute approximate surface area is 205 Å². The quantitative estimate of drug-likeness (QED) is 0.582. The summed E-state index contributed by atoms with van der Waals surface area (Å²) in [4.78, 5) is 27.6. The van der Waals surface area contributed by atoms with Gasteiger partial charge in [-0.05, 0) is 70.0 Å². The van der Waals surface area contributed by atoms with E-state index in [0.717, 1.165) is 16.1 Å². The van der Waals surface area contributed by atoms with Crippen molar-refractivity contribution in [3.63, 3.8) is 0 Å². The Morgan fingerprint density at radius 3 is 2.21 bits per heavy atom. The first-order valence-corrected chi connectivity index (χ1v) is 12.9. The van der Waals surface area contributed by atoms with Crippen molar-refractivity contribution in [3.05, 3.63) is 64.4 Å². The molecule has 10 heteroatoms. The smallest absolute Gasteiger partial charge is 0.244 e. The van der Waals surface area contributed by atoms with Gasteiger partial charge in [-0.25, -0.2) is 12.8 Å². The maximum Gasteiger partial charge on any atom is 0.244 e. The van der Waals surface area contributed by atoms with Gasteiger partial charge in [0.05, 0.1) is 11.9 Å². The zero-order chi connectivity index (χ0) is 25.8. The molecule has 0 saturated heterocycles. The molecule has 0 aromatic heterocycles. The molecule has 186 valence electrons. The summed E-state index contributed by atoms with van der Waals surface area (Å²) in [6, 6.07) is 9.33. The number of amides is 2. The molecule has 2 amide bonds. The Morgan fingerprint density at radius 1 is 1.12 bits per heavy atom. The number of hydrogen-bond donors (Lipinski definition) is 1. The minimum absolute atomic E-state index is 0.00982. The number of anilines is 1. The van der Waals surface area contributed by atoms with Gasteiger partial charge in [-0.1, -0.05) is 29.8 Å². The highest BCUT2D eigenvalue weighted by Gasteiger charge is 2.31. The van der Waals surface area contributed by atoms with Crippen LogP contribution in [0.15, 0.2) is 42.5 Å². The molecule has 7 nitrogen and oxygen atoms in total. The summed E-state index contributed by atoms with van der Waals surface area (Å²) in [6.45, 7) is 8.25. The summed E-state index contributed by atoms with van der Waals surface area (Å²) >= 11 is 6.18. The maximum absolute atomic E-state index is 13.4. The average Bonchev–Trinajstić information content (AvgIpc) is 2.71. The molecule has 0 aliphatic rings. The number of aryl methyl sites for hydroxylation is 1. The number of rotatable bonds is 8. The molecule has 0 bridgehead atoms. The number of halogens is 2. The van der Waals surface area contributed by atoms with Crippen LogP contribution in [0.25, 0.3) is 0 Å². The van der Waals surface area contributed by atoms with E-state index < -0.39 is 45.8 Å². The van der Waals surface area contributed by atoms with Crippen LogP contribution in [0.4, 0.5) is 10.1 Å². The molecular formula is C24H31ClFN3O4S. The summed E-state index contributed by atoms with van der Waals surface area (Å²) in [6.07, 6.45) is 0.994. The van der Waals surface area contributed by atoms with E-state index >= 15 is 0 Å². The van der Waals surface area contributed by atoms with Crippen LogP contribution in [0.2, 0.25) is 5.02 Å². The minimum Gasteiger partial charge on any atom is -0.350 e. The first-order valence-electron chi connectivity index (χ1n) is 10.7. The Kier molecular flexibility index (Phi) is 8.71. The molecule has 34 heavy (non-hydrogen) atoms. The van der Waals surface area contributed by atoms with E-state index in [2.05, 4.69) is 5.32 Å². The molecular weight excluding hydrogens is 481 g/mol. The van der Waals surface area contributed by atoms with Crippen molar-refractivity contribution in [2.24, 2.45) is 0 Å². The topological polar surface area (TPSA) is 86.8 Å². The second kappa shape index (κ2) is 10.7. The van der Waals surface area contributed by atoms with Crippen molar-refractivity contribution in [3.8, 4) is 0 Å². The lowest BCUT2D eigenvalue weighted by Gasteiger charge is -2.33. The largest absolute Gasteiger partial charge is 0.350 e. The van der Waals surface area contributed by atoms with Crippen molar-refractivity contribution >= 4 is 39.1 Å². The fourth-order valence-corrected chi connectivity index (χ4v) is 4.21. The molecule has 0 heterocycles. The molecule has 0 aliphatic carbocycles. The molecule has 0 saturated carbocycles. The molecule has 0 unspecified atom stereocenters. The van der Waals surface area contributed by atoms with Gasteiger partial charge in [-0.15, -0.1) is 0 Å². The molecule has 2 aromatic rings. The van der Waals surface area contributed by atoms with Crippen molar-refractivity contribution in [2.45, 2.75) is 52.7 Å². The monoisotopic (exact) mass is 511 g/mol. The third kappa shape index (κ3) is 7.70. The van der Waals surface area contributed by atoms with Crippen LogP contribution in [-0.2, 0) is 26.2 Å². The summed E-state index contributed by atoms with van der Waals surface area (Å²) in [5, 5.41) is 3.20. The summed E-state index contributed by atoms with van der Waals surface area (Å²) in [5.74, 6) is -1.42. The summed E-state index contributed by atoms with van der Waals surface area (Å²) < 4.78 is 39.5. The van der Waals surface area contributed by atoms with Crippen LogP contribution in [0.3, 0.4) is 0 Å². The standard InChI is InChI=1S/C24H31ClFN3O4S/c1-16-7-12-20(13-21(16)25)29(34(6,32)33)15-22(30)28(14-18-8-10-19(26)11-9-18)17(2)23(31)27-24(3,4)5/h7-13,17H,14-15H2,1-6H3,(H,27,31)/t17-/m0/s1. The molecule has 2 aromatic carbocycles. The molecule has 0 aliphatic heterocycles. The SMILES string of the molecule is Cc1ccc(N(CC(=O)N(Cc2ccc(F)cc2)[C@@H](C)C(=O)NC(C)(C)C)S(C)(=O)=O)cc1Cl. The van der Waals surface area contributed by atoms with E-state index in [-0.39, 0.29) is 12.2 Å². The van der Waals surface area contributed by atoms with Crippen LogP contribution in [0.5, 0.6) is 0 Å². The Hall–Kier alpha value is -2.65. The zero-order valence-electron chi connectivity index (χ0n) is 20.2. The predicted octanol–water partition coefficient (Wildman–Crippen LogP) is 3.89.